The van der Waals surface area contributed by atoms with Crippen LogP contribution >= 0.6 is 11.3 Å². The molecule has 0 saturated carbocycles. The quantitative estimate of drug-likeness (QED) is 0.608. The van der Waals surface area contributed by atoms with E-state index in [0.29, 0.717) is 12.5 Å². The number of piperidine rings is 1. The van der Waals surface area contributed by atoms with Crippen LogP contribution in [-0.2, 0) is 11.2 Å². The van der Waals surface area contributed by atoms with Crippen molar-refractivity contribution in [3.8, 4) is 0 Å². The fourth-order valence-corrected chi connectivity index (χ4v) is 5.83. The van der Waals surface area contributed by atoms with Crippen LogP contribution in [0.1, 0.15) is 24.3 Å². The molecule has 2 aliphatic heterocycles. The second-order valence-corrected chi connectivity index (χ2v) is 9.68. The largest absolute Gasteiger partial charge is 0.369 e. The minimum absolute atomic E-state index is 0.284. The smallest absolute Gasteiger partial charge is 0.223 e. The summed E-state index contributed by atoms with van der Waals surface area (Å²) in [5.41, 5.74) is 2.36. The number of rotatable bonds is 5. The first kappa shape index (κ1) is 20.5. The molecule has 0 bridgehead atoms. The summed E-state index contributed by atoms with van der Waals surface area (Å²) < 4.78 is 1.21. The molecule has 2 fully saturated rings. The maximum Gasteiger partial charge on any atom is 0.223 e. The Morgan fingerprint density at radius 2 is 1.74 bits per heavy atom. The summed E-state index contributed by atoms with van der Waals surface area (Å²) in [5, 5.41) is 1.07. The number of hydrogen-bond acceptors (Lipinski definition) is 5. The van der Waals surface area contributed by atoms with E-state index in [1.54, 1.807) is 11.3 Å². The van der Waals surface area contributed by atoms with Crippen molar-refractivity contribution in [3.05, 3.63) is 59.6 Å². The Kier molecular flexibility index (Phi) is 6.18. The van der Waals surface area contributed by atoms with Crippen LogP contribution in [-0.4, -0.2) is 66.0 Å². The Balaban J connectivity index is 1.12. The summed E-state index contributed by atoms with van der Waals surface area (Å²) in [6, 6.07) is 19.4. The van der Waals surface area contributed by atoms with Crippen LogP contribution in [0.2, 0.25) is 0 Å². The lowest BCUT2D eigenvalue weighted by molar-refractivity contribution is -0.133. The van der Waals surface area contributed by atoms with Crippen LogP contribution in [0.15, 0.2) is 54.6 Å². The average molecular weight is 435 g/mol. The zero-order valence-corrected chi connectivity index (χ0v) is 18.8. The predicted molar refractivity (Wildman–Crippen MR) is 128 cm³/mol. The van der Waals surface area contributed by atoms with Gasteiger partial charge in [0.2, 0.25) is 5.91 Å². The van der Waals surface area contributed by atoms with Gasteiger partial charge in [0.25, 0.3) is 0 Å². The van der Waals surface area contributed by atoms with Gasteiger partial charge in [-0.15, -0.1) is 11.3 Å². The molecule has 0 radical (unpaired) electrons. The molecule has 6 heteroatoms. The van der Waals surface area contributed by atoms with E-state index in [4.69, 9.17) is 0 Å². The molecule has 2 aliphatic rings. The summed E-state index contributed by atoms with van der Waals surface area (Å²) in [7, 11) is 0. The van der Waals surface area contributed by atoms with E-state index in [9.17, 15) is 4.79 Å². The van der Waals surface area contributed by atoms with Gasteiger partial charge in [-0.25, -0.2) is 4.98 Å². The zero-order valence-electron chi connectivity index (χ0n) is 17.9. The number of thiazole rings is 1. The second kappa shape index (κ2) is 9.37. The number of aromatic nitrogens is 1. The molecule has 31 heavy (non-hydrogen) atoms. The van der Waals surface area contributed by atoms with Crippen molar-refractivity contribution in [2.45, 2.75) is 31.7 Å². The van der Waals surface area contributed by atoms with E-state index in [1.165, 1.54) is 16.8 Å². The monoisotopic (exact) mass is 434 g/mol. The summed E-state index contributed by atoms with van der Waals surface area (Å²) in [5.74, 6) is 0.284. The van der Waals surface area contributed by atoms with Crippen molar-refractivity contribution < 1.29 is 4.79 Å². The van der Waals surface area contributed by atoms with E-state index in [1.807, 2.05) is 18.2 Å². The number of anilines is 1. The van der Waals surface area contributed by atoms with Crippen molar-refractivity contribution in [3.63, 3.8) is 0 Å². The van der Waals surface area contributed by atoms with E-state index in [-0.39, 0.29) is 5.91 Å². The third kappa shape index (κ3) is 4.75. The highest BCUT2D eigenvalue weighted by molar-refractivity contribution is 7.18. The number of carbonyl (C=O) groups is 1. The van der Waals surface area contributed by atoms with Gasteiger partial charge in [0.05, 0.1) is 15.2 Å². The predicted octanol–water partition coefficient (Wildman–Crippen LogP) is 4.04. The van der Waals surface area contributed by atoms with E-state index in [2.05, 4.69) is 56.1 Å². The lowest BCUT2D eigenvalue weighted by Crippen LogP contribution is -2.55. The van der Waals surface area contributed by atoms with E-state index in [0.717, 1.165) is 62.6 Å². The summed E-state index contributed by atoms with van der Waals surface area (Å²) in [6.45, 7) is 6.06. The summed E-state index contributed by atoms with van der Waals surface area (Å²) in [6.07, 6.45) is 3.62. The van der Waals surface area contributed by atoms with Crippen LogP contribution in [0.4, 0.5) is 5.69 Å². The number of nitrogens with zero attached hydrogens (tertiary/aromatic N) is 4. The summed E-state index contributed by atoms with van der Waals surface area (Å²) in [4.78, 5) is 24.8. The van der Waals surface area contributed by atoms with Crippen molar-refractivity contribution in [2.24, 2.45) is 0 Å². The lowest BCUT2D eigenvalue weighted by atomic mass is 10.0. The molecule has 1 amide bonds. The molecule has 1 aromatic heterocycles. The molecule has 0 spiro atoms. The van der Waals surface area contributed by atoms with Crippen LogP contribution in [0.3, 0.4) is 0 Å². The SMILES string of the molecule is O=C(CCc1nc2ccccc2s1)N1CCCC(N2CCN(c3ccccc3)CC2)C1. The fourth-order valence-electron chi connectivity index (χ4n) is 4.86. The second-order valence-electron chi connectivity index (χ2n) is 8.57. The number of para-hydroxylation sites is 2. The van der Waals surface area contributed by atoms with Gasteiger partial charge in [-0.1, -0.05) is 30.3 Å². The first-order valence-corrected chi connectivity index (χ1v) is 12.2. The molecule has 5 rings (SSSR count). The number of likely N-dealkylation sites (tertiary alicyclic amines) is 1. The number of benzene rings is 2. The molecule has 162 valence electrons. The maximum atomic E-state index is 12.9. The van der Waals surface area contributed by atoms with Gasteiger partial charge in [-0.2, -0.15) is 0 Å². The molecule has 5 nitrogen and oxygen atoms in total. The topological polar surface area (TPSA) is 39.7 Å². The van der Waals surface area contributed by atoms with Crippen molar-refractivity contribution in [1.82, 2.24) is 14.8 Å². The lowest BCUT2D eigenvalue weighted by Gasteiger charge is -2.44. The minimum atomic E-state index is 0.284. The van der Waals surface area contributed by atoms with Gasteiger partial charge in [0.15, 0.2) is 0 Å². The zero-order chi connectivity index (χ0) is 21.0. The minimum Gasteiger partial charge on any atom is -0.369 e. The molecule has 2 saturated heterocycles. The first-order chi connectivity index (χ1) is 15.3. The Hall–Kier alpha value is -2.44. The highest BCUT2D eigenvalue weighted by atomic mass is 32.1. The molecule has 1 unspecified atom stereocenters. The Morgan fingerprint density at radius 3 is 2.55 bits per heavy atom. The molecule has 3 aromatic rings. The highest BCUT2D eigenvalue weighted by Gasteiger charge is 2.30. The summed E-state index contributed by atoms with van der Waals surface area (Å²) >= 11 is 1.71. The Labute approximate surface area is 188 Å². The van der Waals surface area contributed by atoms with E-state index < -0.39 is 0 Å². The van der Waals surface area contributed by atoms with Crippen molar-refractivity contribution >= 4 is 33.1 Å². The Bertz CT molecular complexity index is 980. The van der Waals surface area contributed by atoms with Crippen LogP contribution in [0.5, 0.6) is 0 Å². The van der Waals surface area contributed by atoms with Crippen molar-refractivity contribution in [1.29, 1.82) is 0 Å². The average Bonchev–Trinajstić information content (AvgIpc) is 3.26. The highest BCUT2D eigenvalue weighted by Crippen LogP contribution is 2.24. The molecule has 1 atom stereocenters. The Morgan fingerprint density at radius 1 is 0.968 bits per heavy atom. The van der Waals surface area contributed by atoms with Crippen LogP contribution < -0.4 is 4.90 Å². The molecular formula is C25H30N4OS. The van der Waals surface area contributed by atoms with Gasteiger partial charge < -0.3 is 9.80 Å². The van der Waals surface area contributed by atoms with Gasteiger partial charge in [-0.05, 0) is 37.1 Å². The fraction of sp³-hybridized carbons (Fsp3) is 0.440. The number of hydrogen-bond donors (Lipinski definition) is 0. The van der Waals surface area contributed by atoms with Crippen LogP contribution in [0, 0.1) is 0 Å². The van der Waals surface area contributed by atoms with E-state index >= 15 is 0 Å². The number of aryl methyl sites for hydroxylation is 1. The first-order valence-electron chi connectivity index (χ1n) is 11.4. The van der Waals surface area contributed by atoms with Gasteiger partial charge in [-0.3, -0.25) is 9.69 Å². The molecular weight excluding hydrogens is 404 g/mol. The van der Waals surface area contributed by atoms with Gasteiger partial charge >= 0.3 is 0 Å². The third-order valence-electron chi connectivity index (χ3n) is 6.59. The molecule has 0 N–H and O–H groups in total. The molecule has 3 heterocycles. The molecule has 2 aromatic carbocycles. The normalized spacial score (nSPS) is 20.3. The van der Waals surface area contributed by atoms with Crippen LogP contribution in [0.25, 0.3) is 10.2 Å². The standard InChI is InChI=1S/C25H30N4OS/c30-25(13-12-24-26-22-10-4-5-11-23(22)31-24)29-14-6-9-21(19-29)28-17-15-27(16-18-28)20-7-2-1-3-8-20/h1-5,7-8,10-11,21H,6,9,12-19H2. The van der Waals surface area contributed by atoms with Gasteiger partial charge in [0, 0.05) is 63.8 Å². The number of amides is 1. The van der Waals surface area contributed by atoms with Crippen molar-refractivity contribution in [2.75, 3.05) is 44.2 Å². The number of piperazine rings is 1. The number of carbonyl (C=O) groups excluding carboxylic acids is 1. The third-order valence-corrected chi connectivity index (χ3v) is 7.69. The van der Waals surface area contributed by atoms with Gasteiger partial charge in [0.1, 0.15) is 0 Å². The molecule has 0 aliphatic carbocycles. The maximum absolute atomic E-state index is 12.9. The number of fused-ring (bicyclic) bond motifs is 1.